The first-order valence-electron chi connectivity index (χ1n) is 7.76. The zero-order valence-corrected chi connectivity index (χ0v) is 14.5. The van der Waals surface area contributed by atoms with Gasteiger partial charge >= 0.3 is 0 Å². The summed E-state index contributed by atoms with van der Waals surface area (Å²) in [5.41, 5.74) is 0.378. The van der Waals surface area contributed by atoms with E-state index in [1.54, 1.807) is 26.0 Å². The van der Waals surface area contributed by atoms with E-state index in [9.17, 15) is 13.5 Å². The molecule has 1 atom stereocenters. The molecule has 2 aromatic heterocycles. The van der Waals surface area contributed by atoms with Crippen molar-refractivity contribution in [2.75, 3.05) is 32.7 Å². The summed E-state index contributed by atoms with van der Waals surface area (Å²) in [6.45, 7) is 5.43. The standard InChI is InChI=1S/C15H21N3O5S/c1-11-15(12(2)23-16-11)24(20,21)18-7-5-17(6-8-18)10-13(19)14-4-3-9-22-14/h3-4,9,13,19H,5-8,10H2,1-2H3/t13-/m1/s1. The Morgan fingerprint density at radius 3 is 2.54 bits per heavy atom. The van der Waals surface area contributed by atoms with Crippen molar-refractivity contribution in [2.45, 2.75) is 24.8 Å². The fourth-order valence-corrected chi connectivity index (χ4v) is 4.65. The molecule has 0 spiro atoms. The minimum Gasteiger partial charge on any atom is -0.467 e. The van der Waals surface area contributed by atoms with Crippen LogP contribution >= 0.6 is 0 Å². The van der Waals surface area contributed by atoms with Crippen molar-refractivity contribution in [2.24, 2.45) is 0 Å². The Bertz CT molecular complexity index is 757. The molecule has 0 aromatic carbocycles. The first kappa shape index (κ1) is 17.2. The van der Waals surface area contributed by atoms with Crippen LogP contribution in [0.4, 0.5) is 0 Å². The third-order valence-electron chi connectivity index (χ3n) is 4.20. The molecule has 24 heavy (non-hydrogen) atoms. The van der Waals surface area contributed by atoms with E-state index in [0.717, 1.165) is 0 Å². The zero-order valence-electron chi connectivity index (χ0n) is 13.7. The van der Waals surface area contributed by atoms with Gasteiger partial charge in [0.25, 0.3) is 0 Å². The van der Waals surface area contributed by atoms with E-state index in [1.807, 2.05) is 4.90 Å². The molecule has 0 radical (unpaired) electrons. The Balaban J connectivity index is 1.63. The van der Waals surface area contributed by atoms with Gasteiger partial charge < -0.3 is 14.0 Å². The minimum absolute atomic E-state index is 0.159. The van der Waals surface area contributed by atoms with Crippen molar-refractivity contribution >= 4 is 10.0 Å². The molecule has 2 aromatic rings. The lowest BCUT2D eigenvalue weighted by Gasteiger charge is -2.34. The minimum atomic E-state index is -3.61. The van der Waals surface area contributed by atoms with Gasteiger partial charge in [0.15, 0.2) is 5.76 Å². The van der Waals surface area contributed by atoms with Gasteiger partial charge in [-0.3, -0.25) is 4.90 Å². The van der Waals surface area contributed by atoms with E-state index in [2.05, 4.69) is 5.16 Å². The lowest BCUT2D eigenvalue weighted by molar-refractivity contribution is 0.0776. The quantitative estimate of drug-likeness (QED) is 0.851. The average molecular weight is 355 g/mol. The molecule has 0 unspecified atom stereocenters. The van der Waals surface area contributed by atoms with Crippen LogP contribution < -0.4 is 0 Å². The Kier molecular flexibility index (Phi) is 4.77. The summed E-state index contributed by atoms with van der Waals surface area (Å²) >= 11 is 0. The number of hydrogen-bond acceptors (Lipinski definition) is 7. The average Bonchev–Trinajstić information content (AvgIpc) is 3.18. The van der Waals surface area contributed by atoms with E-state index >= 15 is 0 Å². The molecule has 0 bridgehead atoms. The largest absolute Gasteiger partial charge is 0.467 e. The number of rotatable bonds is 5. The van der Waals surface area contributed by atoms with Gasteiger partial charge in [-0.05, 0) is 26.0 Å². The number of β-amino-alcohol motifs (C(OH)–C–C–N with tert-alkyl or cyclic N) is 1. The third-order valence-corrected chi connectivity index (χ3v) is 6.34. The number of furan rings is 1. The van der Waals surface area contributed by atoms with Crippen LogP contribution in [-0.4, -0.2) is 60.6 Å². The first-order chi connectivity index (χ1) is 11.4. The number of hydrogen-bond donors (Lipinski definition) is 1. The van der Waals surface area contributed by atoms with Crippen molar-refractivity contribution in [3.8, 4) is 0 Å². The van der Waals surface area contributed by atoms with E-state index in [1.165, 1.54) is 10.6 Å². The summed E-state index contributed by atoms with van der Waals surface area (Å²) in [5.74, 6) is 0.823. The maximum Gasteiger partial charge on any atom is 0.248 e. The number of piperazine rings is 1. The second-order valence-corrected chi connectivity index (χ2v) is 7.76. The third kappa shape index (κ3) is 3.25. The first-order valence-corrected chi connectivity index (χ1v) is 9.20. The second-order valence-electron chi connectivity index (χ2n) is 5.89. The molecule has 1 N–H and O–H groups in total. The van der Waals surface area contributed by atoms with Crippen molar-refractivity contribution in [3.63, 3.8) is 0 Å². The summed E-state index contributed by atoms with van der Waals surface area (Å²) in [6, 6.07) is 3.45. The van der Waals surface area contributed by atoms with Crippen LogP contribution in [0.2, 0.25) is 0 Å². The van der Waals surface area contributed by atoms with E-state index < -0.39 is 16.1 Å². The Labute approximate surface area is 140 Å². The van der Waals surface area contributed by atoms with Gasteiger partial charge in [-0.1, -0.05) is 5.16 Å². The molecule has 1 fully saturated rings. The molecule has 3 heterocycles. The number of aliphatic hydroxyl groups is 1. The SMILES string of the molecule is Cc1noc(C)c1S(=O)(=O)N1CCN(C[C@@H](O)c2ccco2)CC1. The van der Waals surface area contributed by atoms with Crippen LogP contribution in [0.1, 0.15) is 23.3 Å². The van der Waals surface area contributed by atoms with Gasteiger partial charge in [-0.15, -0.1) is 0 Å². The fraction of sp³-hybridized carbons (Fsp3) is 0.533. The van der Waals surface area contributed by atoms with Gasteiger partial charge in [-0.2, -0.15) is 4.31 Å². The number of aliphatic hydroxyl groups excluding tert-OH is 1. The van der Waals surface area contributed by atoms with Crippen LogP contribution in [-0.2, 0) is 10.0 Å². The highest BCUT2D eigenvalue weighted by Crippen LogP contribution is 2.24. The van der Waals surface area contributed by atoms with Crippen LogP contribution in [0, 0.1) is 13.8 Å². The fourth-order valence-electron chi connectivity index (χ4n) is 2.94. The topological polar surface area (TPSA) is 100 Å². The van der Waals surface area contributed by atoms with Gasteiger partial charge in [-0.25, -0.2) is 8.42 Å². The van der Waals surface area contributed by atoms with E-state index in [0.29, 0.717) is 49.9 Å². The lowest BCUT2D eigenvalue weighted by Crippen LogP contribution is -2.49. The van der Waals surface area contributed by atoms with Crippen LogP contribution in [0.3, 0.4) is 0 Å². The van der Waals surface area contributed by atoms with Crippen molar-refractivity contribution in [1.29, 1.82) is 0 Å². The molecular formula is C15H21N3O5S. The molecule has 9 heteroatoms. The Hall–Kier alpha value is -1.68. The molecule has 8 nitrogen and oxygen atoms in total. The van der Waals surface area contributed by atoms with Gasteiger partial charge in [0, 0.05) is 32.7 Å². The zero-order chi connectivity index (χ0) is 17.3. The highest BCUT2D eigenvalue weighted by molar-refractivity contribution is 7.89. The molecule has 1 saturated heterocycles. The van der Waals surface area contributed by atoms with Crippen molar-refractivity contribution < 1.29 is 22.5 Å². The van der Waals surface area contributed by atoms with E-state index in [-0.39, 0.29) is 4.90 Å². The highest BCUT2D eigenvalue weighted by Gasteiger charge is 2.33. The normalized spacial score (nSPS) is 18.8. The van der Waals surface area contributed by atoms with Crippen molar-refractivity contribution in [1.82, 2.24) is 14.4 Å². The maximum absolute atomic E-state index is 12.7. The van der Waals surface area contributed by atoms with Crippen LogP contribution in [0.5, 0.6) is 0 Å². The molecule has 0 saturated carbocycles. The monoisotopic (exact) mass is 355 g/mol. The van der Waals surface area contributed by atoms with Gasteiger partial charge in [0.05, 0.1) is 6.26 Å². The highest BCUT2D eigenvalue weighted by atomic mass is 32.2. The van der Waals surface area contributed by atoms with E-state index in [4.69, 9.17) is 8.94 Å². The molecule has 3 rings (SSSR count). The molecule has 1 aliphatic heterocycles. The molecule has 132 valence electrons. The molecular weight excluding hydrogens is 334 g/mol. The summed E-state index contributed by atoms with van der Waals surface area (Å²) in [6.07, 6.45) is 0.804. The Morgan fingerprint density at radius 2 is 2.00 bits per heavy atom. The van der Waals surface area contributed by atoms with Crippen LogP contribution in [0.25, 0.3) is 0 Å². The number of nitrogens with zero attached hydrogens (tertiary/aromatic N) is 3. The summed E-state index contributed by atoms with van der Waals surface area (Å²) < 4.78 is 37.1. The summed E-state index contributed by atoms with van der Waals surface area (Å²) in [7, 11) is -3.61. The summed E-state index contributed by atoms with van der Waals surface area (Å²) in [5, 5.41) is 13.8. The number of sulfonamides is 1. The van der Waals surface area contributed by atoms with Crippen LogP contribution in [0.15, 0.2) is 32.2 Å². The maximum atomic E-state index is 12.7. The smallest absolute Gasteiger partial charge is 0.248 e. The lowest BCUT2D eigenvalue weighted by atomic mass is 10.2. The molecule has 0 aliphatic carbocycles. The molecule has 0 amide bonds. The molecule has 1 aliphatic rings. The van der Waals surface area contributed by atoms with Gasteiger partial charge in [0.2, 0.25) is 10.0 Å². The number of aromatic nitrogens is 1. The predicted molar refractivity (Wildman–Crippen MR) is 84.8 cm³/mol. The predicted octanol–water partition coefficient (Wildman–Crippen LogP) is 0.924. The van der Waals surface area contributed by atoms with Gasteiger partial charge in [0.1, 0.15) is 22.5 Å². The van der Waals surface area contributed by atoms with Crippen molar-refractivity contribution in [3.05, 3.63) is 35.6 Å². The number of aryl methyl sites for hydroxylation is 2. The Morgan fingerprint density at radius 1 is 1.29 bits per heavy atom. The summed E-state index contributed by atoms with van der Waals surface area (Å²) in [4.78, 5) is 2.18. The second kappa shape index (κ2) is 6.67.